The van der Waals surface area contributed by atoms with Gasteiger partial charge in [-0.25, -0.2) is 50.7 Å². The van der Waals surface area contributed by atoms with Gasteiger partial charge in [-0.1, -0.05) is 23.3 Å². The van der Waals surface area contributed by atoms with E-state index in [0.29, 0.717) is 21.9 Å². The first kappa shape index (κ1) is 53.2. The van der Waals surface area contributed by atoms with Crippen LogP contribution in [0, 0.1) is 37.1 Å². The number of carboxylic acids is 1. The lowest BCUT2D eigenvalue weighted by atomic mass is 10.1. The Morgan fingerprint density at radius 2 is 1.08 bits per heavy atom. The first-order valence-corrected chi connectivity index (χ1v) is 25.4. The first-order chi connectivity index (χ1) is 36.2. The number of aromatic amines is 1. The number of esters is 1. The normalized spacial score (nSPS) is 11.9. The molecule has 0 radical (unpaired) electrons. The molecule has 10 aromatic rings. The molecule has 0 unspecified atom stereocenters. The number of nitrogens with one attached hydrogen (secondary N) is 1. The summed E-state index contributed by atoms with van der Waals surface area (Å²) >= 11 is 2.33. The molecule has 6 heterocycles. The van der Waals surface area contributed by atoms with Crippen molar-refractivity contribution in [3.05, 3.63) is 193 Å². The number of hydrogen-bond donors (Lipinski definition) is 2. The average Bonchev–Trinajstić information content (AvgIpc) is 4.14. The number of carbonyl (C=O) groups excluding carboxylic acids is 2. The number of H-pyrrole nitrogens is 1. The Hall–Kier alpha value is -8.63. The fourth-order valence-electron chi connectivity index (χ4n) is 8.96. The molecule has 0 amide bonds. The van der Waals surface area contributed by atoms with Crippen LogP contribution in [0.4, 0.5) is 22.4 Å². The Morgan fingerprint density at radius 1 is 0.584 bits per heavy atom. The van der Waals surface area contributed by atoms with Crippen molar-refractivity contribution in [2.75, 3.05) is 0 Å². The lowest BCUT2D eigenvalue weighted by molar-refractivity contribution is 0.00582. The summed E-state index contributed by atoms with van der Waals surface area (Å²) in [5.74, 6) is -5.14. The second-order valence-corrected chi connectivity index (χ2v) is 21.6. The number of halogens is 4. The summed E-state index contributed by atoms with van der Waals surface area (Å²) in [5, 5.41) is 17.2. The topological polar surface area (TPSA) is 199 Å². The van der Waals surface area contributed by atoms with E-state index in [1.807, 2.05) is 0 Å². The summed E-state index contributed by atoms with van der Waals surface area (Å²) in [6, 6.07) is 15.9. The summed E-state index contributed by atoms with van der Waals surface area (Å²) in [6.07, 6.45) is -1.01. The number of aromatic carboxylic acids is 1. The number of aromatic nitrogens is 6. The highest BCUT2D eigenvalue weighted by atomic mass is 32.1. The molecule has 0 aliphatic heterocycles. The molecule has 0 atom stereocenters. The van der Waals surface area contributed by atoms with Crippen LogP contribution in [0.15, 0.2) is 113 Å². The molecular formula is C55H46F4N6O10S2. The minimum atomic E-state index is -1.42. The number of aryl methyl sites for hydroxylation is 2. The summed E-state index contributed by atoms with van der Waals surface area (Å²) in [5.41, 5.74) is -3.80. The van der Waals surface area contributed by atoms with E-state index in [1.165, 1.54) is 31.2 Å². The van der Waals surface area contributed by atoms with Gasteiger partial charge in [0, 0.05) is 43.4 Å². The van der Waals surface area contributed by atoms with E-state index in [9.17, 15) is 56.2 Å². The van der Waals surface area contributed by atoms with Crippen molar-refractivity contribution in [1.82, 2.24) is 27.8 Å². The number of rotatable bonds is 8. The number of benzene rings is 4. The molecule has 0 saturated carbocycles. The predicted octanol–water partition coefficient (Wildman–Crippen LogP) is 10.6. The van der Waals surface area contributed by atoms with Gasteiger partial charge in [-0.05, 0) is 116 Å². The molecule has 0 aliphatic rings. The number of carboxylic acid groups (broad SMARTS) is 1. The summed E-state index contributed by atoms with van der Waals surface area (Å²) in [6.45, 7) is 12.8. The highest BCUT2D eigenvalue weighted by molar-refractivity contribution is 7.09. The largest absolute Gasteiger partial charge is 0.477 e. The van der Waals surface area contributed by atoms with Crippen LogP contribution in [-0.4, -0.2) is 62.2 Å². The number of thiophene rings is 2. The van der Waals surface area contributed by atoms with Crippen molar-refractivity contribution >= 4 is 84.3 Å². The summed E-state index contributed by atoms with van der Waals surface area (Å²) in [4.78, 5) is 96.9. The molecule has 0 aliphatic carbocycles. The zero-order valence-electron chi connectivity index (χ0n) is 42.3. The lowest BCUT2D eigenvalue weighted by Gasteiger charge is -2.22. The molecule has 0 saturated heterocycles. The predicted molar refractivity (Wildman–Crippen MR) is 285 cm³/mol. The minimum Gasteiger partial charge on any atom is -0.477 e. The number of fused-ring (bicyclic) bond motifs is 4. The van der Waals surface area contributed by atoms with E-state index >= 15 is 0 Å². The highest BCUT2D eigenvalue weighted by Crippen LogP contribution is 2.34. The Bertz CT molecular complexity index is 4350. The second-order valence-electron chi connectivity index (χ2n) is 20.1. The van der Waals surface area contributed by atoms with Gasteiger partial charge in [0.05, 0.1) is 57.3 Å². The fraction of sp³-hybridized carbons (Fsp3) is 0.218. The smallest absolute Gasteiger partial charge is 0.423 e. The number of carbonyl (C=O) groups is 3. The van der Waals surface area contributed by atoms with Crippen molar-refractivity contribution < 1.29 is 46.5 Å². The third kappa shape index (κ3) is 10.0. The van der Waals surface area contributed by atoms with Crippen LogP contribution in [-0.2, 0) is 22.6 Å². The standard InChI is InChI=1S/C32H31F2N3O6S.C23H15F2N3O4S/c1-17-8-11-23-20(12-17)25(26(28(39)42-31(2,3)4)35(23)14-18-13-19(33)9-10-22(18)34)37-27(38)21-15-44-16-24(21)36(29(37)40)30(41)43-32(5,6)7;1-11-2-5-18-14(6-11)19(28-21(29)15-9-33-10-17(15)26-23(28)32)20(22(30)31)27(18)8-12-7-13(24)3-4-16(12)25/h8-13,15-16H,14H2,1-7H3;2-7,9-10H,8H2,1H3,(H,26,32)(H,30,31). The summed E-state index contributed by atoms with van der Waals surface area (Å²) < 4.78 is 73.6. The fourth-order valence-corrected chi connectivity index (χ4v) is 10.5. The molecule has 0 spiro atoms. The van der Waals surface area contributed by atoms with E-state index < -0.39 is 75.0 Å². The molecule has 6 aromatic heterocycles. The van der Waals surface area contributed by atoms with Gasteiger partial charge in [-0.15, -0.1) is 22.7 Å². The number of ether oxygens (including phenoxy) is 2. The van der Waals surface area contributed by atoms with Crippen LogP contribution in [0.3, 0.4) is 0 Å². The van der Waals surface area contributed by atoms with Crippen LogP contribution >= 0.6 is 22.7 Å². The Labute approximate surface area is 440 Å². The third-order valence-corrected chi connectivity index (χ3v) is 13.6. The maximum Gasteiger partial charge on any atom is 0.423 e. The van der Waals surface area contributed by atoms with Crippen molar-refractivity contribution in [3.63, 3.8) is 0 Å². The molecule has 0 fully saturated rings. The molecular weight excluding hydrogens is 1040 g/mol. The molecule has 396 valence electrons. The van der Waals surface area contributed by atoms with Crippen LogP contribution in [0.1, 0.15) is 84.8 Å². The van der Waals surface area contributed by atoms with Crippen molar-refractivity contribution in [2.24, 2.45) is 0 Å². The average molecular weight is 1090 g/mol. The zero-order valence-corrected chi connectivity index (χ0v) is 44.0. The maximum absolute atomic E-state index is 14.9. The van der Waals surface area contributed by atoms with Gasteiger partial charge in [0.15, 0.2) is 11.4 Å². The van der Waals surface area contributed by atoms with Gasteiger partial charge >= 0.3 is 29.4 Å². The minimum absolute atomic E-state index is 0.0420. The zero-order chi connectivity index (χ0) is 55.7. The van der Waals surface area contributed by atoms with E-state index in [2.05, 4.69) is 4.98 Å². The molecule has 4 aromatic carbocycles. The van der Waals surface area contributed by atoms with E-state index in [-0.39, 0.29) is 68.7 Å². The maximum atomic E-state index is 14.9. The summed E-state index contributed by atoms with van der Waals surface area (Å²) in [7, 11) is 0. The van der Waals surface area contributed by atoms with Gasteiger partial charge in [-0.2, -0.15) is 4.57 Å². The van der Waals surface area contributed by atoms with Crippen molar-refractivity contribution in [2.45, 2.75) is 79.7 Å². The highest BCUT2D eigenvalue weighted by Gasteiger charge is 2.34. The molecule has 16 nitrogen and oxygen atoms in total. The van der Waals surface area contributed by atoms with Crippen LogP contribution < -0.4 is 22.5 Å². The third-order valence-electron chi connectivity index (χ3n) is 12.1. The van der Waals surface area contributed by atoms with Crippen LogP contribution in [0.2, 0.25) is 0 Å². The number of hydrogen-bond acceptors (Lipinski definition) is 11. The SMILES string of the molecule is Cc1ccc2c(c1)c(-n1c(=O)[nH]c3cscc3c1=O)c(C(=O)O)n2Cc1cc(F)ccc1F.Cc1ccc2c(c1)c(-n1c(=O)c3cscc3n(C(=O)OC(C)(C)C)c1=O)c(C(=O)OC(C)(C)C)n2Cc1cc(F)ccc1F. The lowest BCUT2D eigenvalue weighted by Crippen LogP contribution is -2.43. The Kier molecular flexibility index (Phi) is 13.7. The van der Waals surface area contributed by atoms with Gasteiger partial charge in [0.2, 0.25) is 0 Å². The second kappa shape index (κ2) is 19.8. The Morgan fingerprint density at radius 3 is 1.61 bits per heavy atom. The van der Waals surface area contributed by atoms with E-state index in [1.54, 1.807) is 103 Å². The molecule has 22 heteroatoms. The quantitative estimate of drug-likeness (QED) is 0.109. The monoisotopic (exact) mass is 1090 g/mol. The van der Waals surface area contributed by atoms with Gasteiger partial charge < -0.3 is 28.7 Å². The van der Waals surface area contributed by atoms with Crippen LogP contribution in [0.25, 0.3) is 55.0 Å². The molecule has 0 bridgehead atoms. The van der Waals surface area contributed by atoms with E-state index in [0.717, 1.165) is 72.6 Å². The Balaban J connectivity index is 0.000000195. The van der Waals surface area contributed by atoms with Crippen molar-refractivity contribution in [1.29, 1.82) is 0 Å². The molecule has 2 N–H and O–H groups in total. The van der Waals surface area contributed by atoms with Gasteiger partial charge in [-0.3, -0.25) is 9.59 Å². The first-order valence-electron chi connectivity index (χ1n) is 23.5. The van der Waals surface area contributed by atoms with Gasteiger partial charge in [0.1, 0.15) is 34.5 Å². The van der Waals surface area contributed by atoms with Gasteiger partial charge in [0.25, 0.3) is 11.1 Å². The van der Waals surface area contributed by atoms with Crippen molar-refractivity contribution in [3.8, 4) is 11.4 Å². The molecule has 77 heavy (non-hydrogen) atoms. The molecule has 10 rings (SSSR count). The number of nitrogens with zero attached hydrogens (tertiary/aromatic N) is 5. The van der Waals surface area contributed by atoms with Crippen LogP contribution in [0.5, 0.6) is 0 Å². The van der Waals surface area contributed by atoms with E-state index in [4.69, 9.17) is 9.47 Å².